The molecule has 0 aliphatic rings. The van der Waals surface area contributed by atoms with E-state index in [9.17, 15) is 18.3 Å². The maximum Gasteiger partial charge on any atom is 0.283 e. The van der Waals surface area contributed by atoms with Gasteiger partial charge in [-0.3, -0.25) is 4.79 Å². The first-order valence-electron chi connectivity index (χ1n) is 7.10. The number of aliphatic hydroxyl groups excluding tert-OH is 1. The van der Waals surface area contributed by atoms with Gasteiger partial charge in [-0.15, -0.1) is 0 Å². The Morgan fingerprint density at radius 2 is 1.92 bits per heavy atom. The molecule has 2 aromatic rings. The average molecular weight is 346 g/mol. The summed E-state index contributed by atoms with van der Waals surface area (Å²) in [6, 6.07) is 13.7. The highest BCUT2D eigenvalue weighted by molar-refractivity contribution is 7.90. The van der Waals surface area contributed by atoms with Gasteiger partial charge in [0.2, 0.25) is 0 Å². The molecule has 0 aliphatic carbocycles. The lowest BCUT2D eigenvalue weighted by Crippen LogP contribution is -2.13. The van der Waals surface area contributed by atoms with Gasteiger partial charge >= 0.3 is 0 Å². The highest BCUT2D eigenvalue weighted by Gasteiger charge is 2.08. The number of carbonyl (C=O) groups excluding carboxylic acids is 1. The summed E-state index contributed by atoms with van der Waals surface area (Å²) in [4.78, 5) is 11.2. The molecule has 0 fully saturated rings. The van der Waals surface area contributed by atoms with E-state index in [1.165, 1.54) is 6.08 Å². The van der Waals surface area contributed by atoms with Crippen molar-refractivity contribution < 1.29 is 18.3 Å². The van der Waals surface area contributed by atoms with Crippen molar-refractivity contribution in [1.82, 2.24) is 0 Å². The first-order chi connectivity index (χ1) is 11.3. The summed E-state index contributed by atoms with van der Waals surface area (Å²) in [5.74, 6) is -1.45. The van der Waals surface area contributed by atoms with Gasteiger partial charge in [0.15, 0.2) is 15.6 Å². The van der Waals surface area contributed by atoms with Crippen LogP contribution < -0.4 is 11.1 Å². The molecule has 0 bridgehead atoms. The van der Waals surface area contributed by atoms with Crippen LogP contribution in [0.5, 0.6) is 0 Å². The second kappa shape index (κ2) is 7.18. The summed E-state index contributed by atoms with van der Waals surface area (Å²) in [5, 5.41) is 12.7. The number of benzene rings is 2. The molecule has 2 aromatic carbocycles. The Balaban J connectivity index is 2.22. The molecule has 0 aromatic heterocycles. The molecule has 0 unspecified atom stereocenters. The maximum absolute atomic E-state index is 11.6. The second-order valence-corrected chi connectivity index (χ2v) is 7.27. The predicted molar refractivity (Wildman–Crippen MR) is 93.1 cm³/mol. The summed E-state index contributed by atoms with van der Waals surface area (Å²) in [5.41, 5.74) is 7.08. The molecule has 24 heavy (non-hydrogen) atoms. The Morgan fingerprint density at radius 3 is 2.58 bits per heavy atom. The van der Waals surface area contributed by atoms with Gasteiger partial charge in [-0.1, -0.05) is 30.3 Å². The van der Waals surface area contributed by atoms with Crippen molar-refractivity contribution in [2.75, 3.05) is 11.6 Å². The number of primary amides is 1. The highest BCUT2D eigenvalue weighted by Crippen LogP contribution is 2.19. The molecule has 1 amide bonds. The number of anilines is 1. The lowest BCUT2D eigenvalue weighted by molar-refractivity contribution is -0.116. The minimum atomic E-state index is -3.26. The van der Waals surface area contributed by atoms with Crippen molar-refractivity contribution in [3.05, 3.63) is 65.4 Å². The third-order valence-electron chi connectivity index (χ3n) is 3.32. The number of hydrogen-bond acceptors (Lipinski definition) is 5. The van der Waals surface area contributed by atoms with E-state index < -0.39 is 21.5 Å². The van der Waals surface area contributed by atoms with E-state index in [1.807, 2.05) is 0 Å². The van der Waals surface area contributed by atoms with Gasteiger partial charge in [0.1, 0.15) is 0 Å². The van der Waals surface area contributed by atoms with E-state index in [0.29, 0.717) is 17.8 Å². The number of rotatable bonds is 6. The monoisotopic (exact) mass is 346 g/mol. The van der Waals surface area contributed by atoms with Gasteiger partial charge < -0.3 is 16.2 Å². The molecule has 126 valence electrons. The molecule has 7 heteroatoms. The van der Waals surface area contributed by atoms with Crippen LogP contribution in [-0.4, -0.2) is 25.7 Å². The van der Waals surface area contributed by atoms with Gasteiger partial charge in [0.25, 0.3) is 5.91 Å². The summed E-state index contributed by atoms with van der Waals surface area (Å²) in [6.45, 7) is 0.381. The Labute approximate surface area is 140 Å². The van der Waals surface area contributed by atoms with Gasteiger partial charge in [-0.05, 0) is 29.8 Å². The van der Waals surface area contributed by atoms with Crippen molar-refractivity contribution in [2.24, 2.45) is 5.73 Å². The zero-order valence-electron chi connectivity index (χ0n) is 13.1. The third kappa shape index (κ3) is 4.60. The lowest BCUT2D eigenvalue weighted by atomic mass is 10.1. The first kappa shape index (κ1) is 17.6. The van der Waals surface area contributed by atoms with Gasteiger partial charge in [-0.25, -0.2) is 8.42 Å². The molecule has 0 aliphatic heterocycles. The number of carbonyl (C=O) groups is 1. The summed E-state index contributed by atoms with van der Waals surface area (Å²) < 4.78 is 23.2. The quantitative estimate of drug-likeness (QED) is 0.548. The van der Waals surface area contributed by atoms with Crippen molar-refractivity contribution in [2.45, 2.75) is 11.4 Å². The molecule has 0 atom stereocenters. The van der Waals surface area contributed by atoms with Crippen molar-refractivity contribution in [3.63, 3.8) is 0 Å². The number of nitrogens with one attached hydrogen (secondary N) is 1. The maximum atomic E-state index is 11.6. The van der Waals surface area contributed by atoms with Crippen molar-refractivity contribution >= 4 is 27.5 Å². The van der Waals surface area contributed by atoms with E-state index in [2.05, 4.69) is 5.32 Å². The zero-order valence-corrected chi connectivity index (χ0v) is 13.9. The fourth-order valence-corrected chi connectivity index (χ4v) is 2.78. The number of hydrogen-bond donors (Lipinski definition) is 3. The average Bonchev–Trinajstić information content (AvgIpc) is 2.53. The fourth-order valence-electron chi connectivity index (χ4n) is 2.09. The molecular weight excluding hydrogens is 328 g/mol. The molecule has 4 N–H and O–H groups in total. The summed E-state index contributed by atoms with van der Waals surface area (Å²) in [6.07, 6.45) is 2.43. The first-order valence-corrected chi connectivity index (χ1v) is 8.99. The smallest absolute Gasteiger partial charge is 0.283 e. The van der Waals surface area contributed by atoms with Crippen molar-refractivity contribution in [1.29, 1.82) is 0 Å². The largest absolute Gasteiger partial charge is 0.503 e. The molecule has 0 spiro atoms. The minimum absolute atomic E-state index is 0.251. The van der Waals surface area contributed by atoms with Gasteiger partial charge in [0, 0.05) is 24.1 Å². The molecule has 6 nitrogen and oxygen atoms in total. The zero-order chi connectivity index (χ0) is 17.7. The summed E-state index contributed by atoms with van der Waals surface area (Å²) in [7, 11) is -3.26. The number of para-hydroxylation sites is 1. The molecule has 0 saturated carbocycles. The highest BCUT2D eigenvalue weighted by atomic mass is 32.2. The Kier molecular flexibility index (Phi) is 5.25. The van der Waals surface area contributed by atoms with Crippen LogP contribution in [0.4, 0.5) is 5.69 Å². The van der Waals surface area contributed by atoms with E-state index >= 15 is 0 Å². The van der Waals surface area contributed by atoms with Crippen LogP contribution in [0.2, 0.25) is 0 Å². The lowest BCUT2D eigenvalue weighted by Gasteiger charge is -2.11. The van der Waals surface area contributed by atoms with Crippen LogP contribution in [-0.2, 0) is 21.2 Å². The Morgan fingerprint density at radius 1 is 1.21 bits per heavy atom. The van der Waals surface area contributed by atoms with E-state index in [-0.39, 0.29) is 4.90 Å². The fraction of sp³-hybridized carbons (Fsp3) is 0.118. The molecule has 0 saturated heterocycles. The van der Waals surface area contributed by atoms with Gasteiger partial charge in [0.05, 0.1) is 4.90 Å². The molecule has 2 rings (SSSR count). The second-order valence-electron chi connectivity index (χ2n) is 5.25. The van der Waals surface area contributed by atoms with E-state index in [0.717, 1.165) is 11.8 Å². The number of nitrogens with two attached hydrogens (primary N) is 1. The van der Waals surface area contributed by atoms with Crippen LogP contribution in [0.15, 0.2) is 59.2 Å². The topological polar surface area (TPSA) is 109 Å². The van der Waals surface area contributed by atoms with Crippen molar-refractivity contribution in [3.8, 4) is 0 Å². The van der Waals surface area contributed by atoms with Crippen LogP contribution in [0.3, 0.4) is 0 Å². The molecule has 0 radical (unpaired) electrons. The Bertz CT molecular complexity index is 889. The normalized spacial score (nSPS) is 12.0. The predicted octanol–water partition coefficient (Wildman–Crippen LogP) is 2.09. The molecule has 0 heterocycles. The standard InChI is InChI=1S/C17H18N2O4S/c1-24(22,23)14-7-4-5-12(9-14)11-19-15-8-3-2-6-13(15)10-16(20)17(18)21/h2-10,19-20H,11H2,1H3,(H2,18,21). The SMILES string of the molecule is CS(=O)(=O)c1cccc(CNc2ccccc2C=C(O)C(N)=O)c1. The van der Waals surface area contributed by atoms with Gasteiger partial charge in [-0.2, -0.15) is 0 Å². The number of sulfone groups is 1. The van der Waals surface area contributed by atoms with Crippen LogP contribution in [0.1, 0.15) is 11.1 Å². The third-order valence-corrected chi connectivity index (χ3v) is 4.43. The summed E-state index contributed by atoms with van der Waals surface area (Å²) >= 11 is 0. The van der Waals surface area contributed by atoms with Crippen LogP contribution in [0.25, 0.3) is 6.08 Å². The molecular formula is C17H18N2O4S. The van der Waals surface area contributed by atoms with Crippen LogP contribution >= 0.6 is 0 Å². The van der Waals surface area contributed by atoms with Crippen LogP contribution in [0, 0.1) is 0 Å². The number of amides is 1. The number of aliphatic hydroxyl groups is 1. The van der Waals surface area contributed by atoms with E-state index in [1.54, 1.807) is 48.5 Å². The minimum Gasteiger partial charge on any atom is -0.503 e. The Hall–Kier alpha value is -2.80. The van der Waals surface area contributed by atoms with E-state index in [4.69, 9.17) is 5.73 Å².